The molecule has 0 aliphatic carbocycles. The van der Waals surface area contributed by atoms with E-state index in [1.165, 1.54) is 11.3 Å². The summed E-state index contributed by atoms with van der Waals surface area (Å²) in [6.07, 6.45) is 0. The second-order valence-electron chi connectivity index (χ2n) is 9.29. The van der Waals surface area contributed by atoms with Crippen molar-refractivity contribution < 1.29 is 5.21 Å². The van der Waals surface area contributed by atoms with Crippen LogP contribution in [0.1, 0.15) is 88.8 Å². The summed E-state index contributed by atoms with van der Waals surface area (Å²) in [6, 6.07) is 32.5. The molecule has 0 aromatic heterocycles. The summed E-state index contributed by atoms with van der Waals surface area (Å²) < 4.78 is 0. The average Bonchev–Trinajstić information content (AvgIpc) is 3.10. The first kappa shape index (κ1) is 43.2. The first-order valence-corrected chi connectivity index (χ1v) is 16.6. The van der Waals surface area contributed by atoms with E-state index >= 15 is 0 Å². The van der Waals surface area contributed by atoms with Gasteiger partial charge in [0.1, 0.15) is 5.71 Å². The van der Waals surface area contributed by atoms with E-state index in [-0.39, 0.29) is 0 Å². The summed E-state index contributed by atoms with van der Waals surface area (Å²) >= 11 is 5.57. The summed E-state index contributed by atoms with van der Waals surface area (Å²) in [5, 5.41) is 12.8. The molecule has 0 unspecified atom stereocenters. The van der Waals surface area contributed by atoms with Crippen LogP contribution in [0.3, 0.4) is 0 Å². The van der Waals surface area contributed by atoms with Gasteiger partial charge in [-0.3, -0.25) is 0 Å². The predicted octanol–water partition coefficient (Wildman–Crippen LogP) is 11.2. The van der Waals surface area contributed by atoms with Gasteiger partial charge in [-0.05, 0) is 60.4 Å². The van der Waals surface area contributed by atoms with Crippen LogP contribution in [0, 0.1) is 13.8 Å². The van der Waals surface area contributed by atoms with Crippen molar-refractivity contribution in [3.05, 3.63) is 130 Å². The Balaban J connectivity index is 0. The van der Waals surface area contributed by atoms with Crippen molar-refractivity contribution in [3.8, 4) is 0 Å². The van der Waals surface area contributed by atoms with Gasteiger partial charge in [-0.1, -0.05) is 146 Å². The molecule has 0 atom stereocenters. The summed E-state index contributed by atoms with van der Waals surface area (Å²) in [5.74, 6) is 0. The molecule has 4 aromatic carbocycles. The van der Waals surface area contributed by atoms with Crippen LogP contribution < -0.4 is 9.80 Å². The zero-order valence-electron chi connectivity index (χ0n) is 30.4. The summed E-state index contributed by atoms with van der Waals surface area (Å²) in [6.45, 7) is 20.1. The molecule has 0 radical (unpaired) electrons. The number of hydrogen-bond acceptors (Lipinski definition) is 5. The molecule has 0 fully saturated rings. The van der Waals surface area contributed by atoms with Gasteiger partial charge >= 0.3 is 0 Å². The fourth-order valence-corrected chi connectivity index (χ4v) is 4.28. The van der Waals surface area contributed by atoms with E-state index in [9.17, 15) is 5.21 Å². The van der Waals surface area contributed by atoms with Crippen molar-refractivity contribution in [2.24, 2.45) is 5.16 Å². The van der Waals surface area contributed by atoms with Gasteiger partial charge in [-0.25, -0.2) is 0 Å². The van der Waals surface area contributed by atoms with Crippen LogP contribution in [0.5, 0.6) is 0 Å². The van der Waals surface area contributed by atoms with E-state index in [1.807, 2.05) is 156 Å². The number of rotatable bonds is 6. The Morgan fingerprint density at radius 2 is 0.844 bits per heavy atom. The highest BCUT2D eigenvalue weighted by molar-refractivity contribution is 7.81. The van der Waals surface area contributed by atoms with Gasteiger partial charge in [0.05, 0.1) is 4.86 Å². The summed E-state index contributed by atoms with van der Waals surface area (Å²) in [7, 11) is 8.07. The Kier molecular flexibility index (Phi) is 24.3. The molecular weight excluding hydrogens is 571 g/mol. The molecule has 246 valence electrons. The van der Waals surface area contributed by atoms with Gasteiger partial charge in [0, 0.05) is 50.7 Å². The minimum atomic E-state index is 0.600. The van der Waals surface area contributed by atoms with E-state index < -0.39 is 0 Å². The smallest absolute Gasteiger partial charge is 0.117 e. The van der Waals surface area contributed by atoms with Gasteiger partial charge < -0.3 is 15.0 Å². The van der Waals surface area contributed by atoms with Gasteiger partial charge in [-0.15, -0.1) is 0 Å². The largest absolute Gasteiger partial charge is 0.410 e. The van der Waals surface area contributed by atoms with Crippen molar-refractivity contribution in [2.45, 2.75) is 69.2 Å². The first-order valence-electron chi connectivity index (χ1n) is 16.2. The standard InChI is InChI=1S/C16H18N2O.C16H17NS.4C2H6/c1-12-6-4-5-7-15(12)16(17-19)13-8-10-14(11-9-13)18(2)3;1-12-6-4-5-7-15(12)16(18)13-8-10-14(11-9-13)17(2)3;4*1-2/h4-11,19H,1-3H3;4-11H,1-3H3;4*1-2H3. The summed E-state index contributed by atoms with van der Waals surface area (Å²) in [5.41, 5.74) is 9.31. The molecule has 0 bridgehead atoms. The lowest BCUT2D eigenvalue weighted by Crippen LogP contribution is -2.10. The van der Waals surface area contributed by atoms with Crippen molar-refractivity contribution in [2.75, 3.05) is 38.0 Å². The number of anilines is 2. The lowest BCUT2D eigenvalue weighted by molar-refractivity contribution is 0.319. The second-order valence-corrected chi connectivity index (χ2v) is 9.70. The maximum atomic E-state index is 9.31. The monoisotopic (exact) mass is 629 g/mol. The number of nitrogens with zero attached hydrogens (tertiary/aromatic N) is 3. The Hall–Kier alpha value is -3.96. The number of thiocarbonyl (C=S) groups is 1. The van der Waals surface area contributed by atoms with E-state index in [0.717, 1.165) is 38.4 Å². The molecular formula is C40H59N3OS. The normalized spacial score (nSPS) is 9.42. The Labute approximate surface area is 281 Å². The van der Waals surface area contributed by atoms with Crippen LogP contribution in [0.15, 0.2) is 102 Å². The lowest BCUT2D eigenvalue weighted by Gasteiger charge is -2.13. The van der Waals surface area contributed by atoms with E-state index in [2.05, 4.69) is 53.4 Å². The van der Waals surface area contributed by atoms with Crippen LogP contribution in [0.4, 0.5) is 11.4 Å². The Bertz CT molecular complexity index is 1360. The van der Waals surface area contributed by atoms with Crippen LogP contribution in [0.25, 0.3) is 0 Å². The van der Waals surface area contributed by atoms with Crippen LogP contribution in [-0.2, 0) is 0 Å². The quantitative estimate of drug-likeness (QED) is 0.0757. The summed E-state index contributed by atoms with van der Waals surface area (Å²) in [4.78, 5) is 5.03. The number of benzene rings is 4. The molecule has 1 N–H and O–H groups in total. The first-order chi connectivity index (χ1) is 21.7. The minimum absolute atomic E-state index is 0.600. The predicted molar refractivity (Wildman–Crippen MR) is 208 cm³/mol. The fourth-order valence-electron chi connectivity index (χ4n) is 3.92. The fraction of sp³-hybridized carbons (Fsp3) is 0.350. The average molecular weight is 630 g/mol. The molecule has 4 aromatic rings. The van der Waals surface area contributed by atoms with Gasteiger partial charge in [0.2, 0.25) is 0 Å². The molecule has 0 aliphatic heterocycles. The molecule has 4 nitrogen and oxygen atoms in total. The minimum Gasteiger partial charge on any atom is -0.410 e. The van der Waals surface area contributed by atoms with Crippen molar-refractivity contribution in [3.63, 3.8) is 0 Å². The molecule has 0 amide bonds. The molecule has 5 heteroatoms. The van der Waals surface area contributed by atoms with Crippen LogP contribution in [-0.4, -0.2) is 44.0 Å². The molecule has 0 aliphatic rings. The molecule has 0 saturated carbocycles. The van der Waals surface area contributed by atoms with Gasteiger partial charge in [-0.2, -0.15) is 0 Å². The highest BCUT2D eigenvalue weighted by atomic mass is 32.1. The second kappa shape index (κ2) is 25.4. The highest BCUT2D eigenvalue weighted by Gasteiger charge is 2.10. The molecule has 0 heterocycles. The van der Waals surface area contributed by atoms with Crippen LogP contribution >= 0.6 is 12.2 Å². The van der Waals surface area contributed by atoms with E-state index in [4.69, 9.17) is 12.2 Å². The SMILES string of the molecule is CC.CC.CC.CC.Cc1ccccc1C(=NO)c1ccc(N(C)C)cc1.Cc1ccccc1C(=S)c1ccc(N(C)C)cc1. The maximum Gasteiger partial charge on any atom is 0.117 e. The molecule has 0 saturated heterocycles. The third-order valence-electron chi connectivity index (χ3n) is 6.19. The molecule has 4 rings (SSSR count). The Morgan fingerprint density at radius 3 is 1.18 bits per heavy atom. The number of oxime groups is 1. The van der Waals surface area contributed by atoms with Crippen molar-refractivity contribution in [1.29, 1.82) is 0 Å². The third-order valence-corrected chi connectivity index (χ3v) is 6.65. The molecule has 0 spiro atoms. The third kappa shape index (κ3) is 14.1. The zero-order valence-corrected chi connectivity index (χ0v) is 31.3. The van der Waals surface area contributed by atoms with Crippen molar-refractivity contribution >= 4 is 34.2 Å². The van der Waals surface area contributed by atoms with Gasteiger partial charge in [0.25, 0.3) is 0 Å². The number of hydrogen-bond donors (Lipinski definition) is 1. The lowest BCUT2D eigenvalue weighted by atomic mass is 9.98. The van der Waals surface area contributed by atoms with Crippen LogP contribution in [0.2, 0.25) is 0 Å². The van der Waals surface area contributed by atoms with E-state index in [0.29, 0.717) is 5.71 Å². The van der Waals surface area contributed by atoms with E-state index in [1.54, 1.807) is 0 Å². The molecule has 45 heavy (non-hydrogen) atoms. The zero-order chi connectivity index (χ0) is 34.9. The number of aryl methyl sites for hydroxylation is 2. The van der Waals surface area contributed by atoms with Gasteiger partial charge in [0.15, 0.2) is 0 Å². The Morgan fingerprint density at radius 1 is 0.511 bits per heavy atom. The highest BCUT2D eigenvalue weighted by Crippen LogP contribution is 2.19. The topological polar surface area (TPSA) is 39.1 Å². The maximum absolute atomic E-state index is 9.31. The van der Waals surface area contributed by atoms with Crippen molar-refractivity contribution in [1.82, 2.24) is 0 Å².